The summed E-state index contributed by atoms with van der Waals surface area (Å²) in [5.41, 5.74) is 2.64. The van der Waals surface area contributed by atoms with E-state index in [1.165, 1.54) is 25.7 Å². The quantitative estimate of drug-likeness (QED) is 0.314. The van der Waals surface area contributed by atoms with Crippen LogP contribution in [0.2, 0.25) is 0 Å². The van der Waals surface area contributed by atoms with Crippen LogP contribution >= 0.6 is 24.0 Å². The van der Waals surface area contributed by atoms with Crippen molar-refractivity contribution in [2.45, 2.75) is 38.6 Å². The summed E-state index contributed by atoms with van der Waals surface area (Å²) in [5.74, 6) is 0.839. The van der Waals surface area contributed by atoms with Crippen LogP contribution in [0.15, 0.2) is 28.9 Å². The predicted octanol–water partition coefficient (Wildman–Crippen LogP) is 2.58. The van der Waals surface area contributed by atoms with E-state index in [2.05, 4.69) is 31.9 Å². The van der Waals surface area contributed by atoms with Crippen LogP contribution in [0.25, 0.3) is 0 Å². The highest BCUT2D eigenvalue weighted by molar-refractivity contribution is 14.0. The Kier molecular flexibility index (Phi) is 8.32. The normalized spacial score (nSPS) is 15.2. The molecule has 112 valence electrons. The number of guanidine groups is 1. The standard InChI is InChI=1S/C14H23N5.HI/c1-15-14(17-11-13-8-10-18-19-13)16-9-7-12-5-3-2-4-6-12;/h5,8,10H,2-4,6-7,9,11H2,1H3,(H,18,19)(H2,15,16,17);1H. The molecular weight excluding hydrogens is 365 g/mol. The molecule has 3 N–H and O–H groups in total. The molecule has 0 aliphatic heterocycles. The lowest BCUT2D eigenvalue weighted by Crippen LogP contribution is -2.37. The number of H-pyrrole nitrogens is 1. The van der Waals surface area contributed by atoms with E-state index in [-0.39, 0.29) is 24.0 Å². The van der Waals surface area contributed by atoms with E-state index in [9.17, 15) is 0 Å². The number of halogens is 1. The molecular formula is C14H24IN5. The van der Waals surface area contributed by atoms with E-state index < -0.39 is 0 Å². The van der Waals surface area contributed by atoms with Crippen molar-refractivity contribution in [2.24, 2.45) is 4.99 Å². The second-order valence-electron chi connectivity index (χ2n) is 4.79. The van der Waals surface area contributed by atoms with Crippen LogP contribution in [-0.4, -0.2) is 29.7 Å². The van der Waals surface area contributed by atoms with E-state index in [1.807, 2.05) is 6.07 Å². The summed E-state index contributed by atoms with van der Waals surface area (Å²) in [4.78, 5) is 4.21. The highest BCUT2D eigenvalue weighted by Gasteiger charge is 2.04. The van der Waals surface area contributed by atoms with Gasteiger partial charge in [0, 0.05) is 19.8 Å². The fourth-order valence-electron chi connectivity index (χ4n) is 2.26. The SMILES string of the molecule is CN=C(NCCC1=CCCCC1)NCc1ccn[nH]1.I. The van der Waals surface area contributed by atoms with Gasteiger partial charge in [0.2, 0.25) is 0 Å². The van der Waals surface area contributed by atoms with Crippen molar-refractivity contribution in [1.82, 2.24) is 20.8 Å². The van der Waals surface area contributed by atoms with Crippen LogP contribution in [0.3, 0.4) is 0 Å². The van der Waals surface area contributed by atoms with Gasteiger partial charge in [0.05, 0.1) is 12.2 Å². The molecule has 1 aromatic rings. The Morgan fingerprint density at radius 2 is 2.30 bits per heavy atom. The van der Waals surface area contributed by atoms with Crippen molar-refractivity contribution < 1.29 is 0 Å². The lowest BCUT2D eigenvalue weighted by Gasteiger charge is -2.14. The van der Waals surface area contributed by atoms with Crippen LogP contribution in [0.4, 0.5) is 0 Å². The Bertz CT molecular complexity index is 425. The fourth-order valence-corrected chi connectivity index (χ4v) is 2.26. The molecule has 2 rings (SSSR count). The number of rotatable bonds is 5. The predicted molar refractivity (Wildman–Crippen MR) is 93.4 cm³/mol. The summed E-state index contributed by atoms with van der Waals surface area (Å²) in [5, 5.41) is 13.4. The van der Waals surface area contributed by atoms with Crippen LogP contribution in [0.5, 0.6) is 0 Å². The Balaban J connectivity index is 0.00000200. The summed E-state index contributed by atoms with van der Waals surface area (Å²) in [6.45, 7) is 1.65. The molecule has 5 nitrogen and oxygen atoms in total. The third-order valence-electron chi connectivity index (χ3n) is 3.35. The van der Waals surface area contributed by atoms with Crippen molar-refractivity contribution >= 4 is 29.9 Å². The number of nitrogens with zero attached hydrogens (tertiary/aromatic N) is 2. The van der Waals surface area contributed by atoms with Gasteiger partial charge in [-0.2, -0.15) is 5.10 Å². The van der Waals surface area contributed by atoms with Crippen molar-refractivity contribution in [3.05, 3.63) is 29.6 Å². The topological polar surface area (TPSA) is 65.1 Å². The van der Waals surface area contributed by atoms with Gasteiger partial charge in [-0.25, -0.2) is 0 Å². The Hall–Kier alpha value is -1.05. The maximum Gasteiger partial charge on any atom is 0.191 e. The first-order chi connectivity index (χ1) is 9.38. The van der Waals surface area contributed by atoms with Crippen molar-refractivity contribution in [1.29, 1.82) is 0 Å². The van der Waals surface area contributed by atoms with Crippen molar-refractivity contribution in [3.8, 4) is 0 Å². The summed E-state index contributed by atoms with van der Waals surface area (Å²) in [6.07, 6.45) is 10.5. The first kappa shape index (κ1) is 17.0. The van der Waals surface area contributed by atoms with Gasteiger partial charge in [0.1, 0.15) is 0 Å². The molecule has 0 amide bonds. The molecule has 0 spiro atoms. The molecule has 0 saturated heterocycles. The van der Waals surface area contributed by atoms with Crippen LogP contribution in [0, 0.1) is 0 Å². The van der Waals surface area contributed by atoms with Gasteiger partial charge < -0.3 is 10.6 Å². The Morgan fingerprint density at radius 3 is 2.95 bits per heavy atom. The first-order valence-corrected chi connectivity index (χ1v) is 6.99. The Labute approximate surface area is 137 Å². The molecule has 0 bridgehead atoms. The molecule has 20 heavy (non-hydrogen) atoms. The van der Waals surface area contributed by atoms with Gasteiger partial charge in [0.15, 0.2) is 5.96 Å². The third kappa shape index (κ3) is 5.94. The van der Waals surface area contributed by atoms with E-state index in [0.717, 1.165) is 24.6 Å². The fraction of sp³-hybridized carbons (Fsp3) is 0.571. The molecule has 0 fully saturated rings. The molecule has 0 saturated carbocycles. The lowest BCUT2D eigenvalue weighted by atomic mass is 9.97. The summed E-state index contributed by atoms with van der Waals surface area (Å²) < 4.78 is 0. The first-order valence-electron chi connectivity index (χ1n) is 6.99. The van der Waals surface area contributed by atoms with Gasteiger partial charge in [-0.05, 0) is 38.2 Å². The zero-order valence-electron chi connectivity index (χ0n) is 12.0. The van der Waals surface area contributed by atoms with E-state index in [1.54, 1.807) is 18.8 Å². The number of allylic oxidation sites excluding steroid dienone is 1. The number of hydrogen-bond acceptors (Lipinski definition) is 2. The van der Waals surface area contributed by atoms with Crippen LogP contribution in [0.1, 0.15) is 37.8 Å². The van der Waals surface area contributed by atoms with Crippen LogP contribution in [-0.2, 0) is 6.54 Å². The van der Waals surface area contributed by atoms with Gasteiger partial charge in [-0.15, -0.1) is 24.0 Å². The van der Waals surface area contributed by atoms with Gasteiger partial charge in [0.25, 0.3) is 0 Å². The van der Waals surface area contributed by atoms with Crippen molar-refractivity contribution in [2.75, 3.05) is 13.6 Å². The smallest absolute Gasteiger partial charge is 0.191 e. The zero-order chi connectivity index (χ0) is 13.3. The average molecular weight is 389 g/mol. The second kappa shape index (κ2) is 9.79. The van der Waals surface area contributed by atoms with E-state index in [4.69, 9.17) is 0 Å². The summed E-state index contributed by atoms with van der Waals surface area (Å²) in [7, 11) is 1.79. The molecule has 1 aliphatic carbocycles. The number of aliphatic imine (C=N–C) groups is 1. The lowest BCUT2D eigenvalue weighted by molar-refractivity contribution is 0.665. The third-order valence-corrected chi connectivity index (χ3v) is 3.35. The molecule has 1 aromatic heterocycles. The molecule has 1 heterocycles. The van der Waals surface area contributed by atoms with E-state index in [0.29, 0.717) is 6.54 Å². The number of hydrogen-bond donors (Lipinski definition) is 3. The molecule has 0 atom stereocenters. The maximum absolute atomic E-state index is 4.21. The molecule has 6 heteroatoms. The van der Waals surface area contributed by atoms with Gasteiger partial charge >= 0.3 is 0 Å². The number of aromatic nitrogens is 2. The highest BCUT2D eigenvalue weighted by atomic mass is 127. The summed E-state index contributed by atoms with van der Waals surface area (Å²) in [6, 6.07) is 1.95. The zero-order valence-corrected chi connectivity index (χ0v) is 14.3. The van der Waals surface area contributed by atoms with Crippen molar-refractivity contribution in [3.63, 3.8) is 0 Å². The molecule has 0 aromatic carbocycles. The average Bonchev–Trinajstić information content (AvgIpc) is 2.97. The Morgan fingerprint density at radius 1 is 1.40 bits per heavy atom. The minimum Gasteiger partial charge on any atom is -0.356 e. The van der Waals surface area contributed by atoms with E-state index >= 15 is 0 Å². The highest BCUT2D eigenvalue weighted by Crippen LogP contribution is 2.19. The molecule has 1 aliphatic rings. The monoisotopic (exact) mass is 389 g/mol. The largest absolute Gasteiger partial charge is 0.356 e. The van der Waals surface area contributed by atoms with Gasteiger partial charge in [-0.3, -0.25) is 10.1 Å². The van der Waals surface area contributed by atoms with Crippen LogP contribution < -0.4 is 10.6 Å². The minimum absolute atomic E-state index is 0. The molecule has 0 unspecified atom stereocenters. The minimum atomic E-state index is 0. The summed E-state index contributed by atoms with van der Waals surface area (Å²) >= 11 is 0. The van der Waals surface area contributed by atoms with Gasteiger partial charge in [-0.1, -0.05) is 11.6 Å². The molecule has 0 radical (unpaired) electrons. The maximum atomic E-state index is 4.21. The second-order valence-corrected chi connectivity index (χ2v) is 4.79. The number of nitrogens with one attached hydrogen (secondary N) is 3. The number of aromatic amines is 1.